The summed E-state index contributed by atoms with van der Waals surface area (Å²) in [6.45, 7) is 4.04. The van der Waals surface area contributed by atoms with Gasteiger partial charge < -0.3 is 5.11 Å². The highest BCUT2D eigenvalue weighted by atomic mass is 79.9. The molecule has 0 radical (unpaired) electrons. The van der Waals surface area contributed by atoms with Crippen LogP contribution in [0.4, 0.5) is 0 Å². The normalized spacial score (nSPS) is 10.2. The SMILES string of the molecule is C=C(c1ccc(CBr)cc1)c1ccccc1O. The molecule has 0 saturated heterocycles. The van der Waals surface area contributed by atoms with Crippen LogP contribution in [0.1, 0.15) is 16.7 Å². The van der Waals surface area contributed by atoms with Crippen LogP contribution in [0.25, 0.3) is 5.57 Å². The van der Waals surface area contributed by atoms with Gasteiger partial charge >= 0.3 is 0 Å². The number of benzene rings is 2. The van der Waals surface area contributed by atoms with Crippen LogP contribution in [0.5, 0.6) is 5.75 Å². The summed E-state index contributed by atoms with van der Waals surface area (Å²) in [4.78, 5) is 0. The Morgan fingerprint density at radius 1 is 1.06 bits per heavy atom. The zero-order valence-electron chi connectivity index (χ0n) is 9.36. The largest absolute Gasteiger partial charge is 0.507 e. The van der Waals surface area contributed by atoms with Crippen molar-refractivity contribution in [2.45, 2.75) is 5.33 Å². The van der Waals surface area contributed by atoms with E-state index in [1.807, 2.05) is 24.3 Å². The van der Waals surface area contributed by atoms with Gasteiger partial charge in [-0.15, -0.1) is 0 Å². The van der Waals surface area contributed by atoms with Crippen LogP contribution in [0.15, 0.2) is 55.1 Å². The molecule has 0 unspecified atom stereocenters. The number of rotatable bonds is 3. The molecular weight excluding hydrogens is 276 g/mol. The van der Waals surface area contributed by atoms with E-state index >= 15 is 0 Å². The number of alkyl halides is 1. The van der Waals surface area contributed by atoms with Crippen molar-refractivity contribution in [1.29, 1.82) is 0 Å². The van der Waals surface area contributed by atoms with E-state index < -0.39 is 0 Å². The highest BCUT2D eigenvalue weighted by molar-refractivity contribution is 9.08. The minimum atomic E-state index is 0.266. The fraction of sp³-hybridized carbons (Fsp3) is 0.0667. The van der Waals surface area contributed by atoms with Gasteiger partial charge in [0, 0.05) is 10.9 Å². The summed E-state index contributed by atoms with van der Waals surface area (Å²) >= 11 is 3.41. The monoisotopic (exact) mass is 288 g/mol. The molecule has 0 atom stereocenters. The van der Waals surface area contributed by atoms with Crippen LogP contribution in [-0.2, 0) is 5.33 Å². The summed E-state index contributed by atoms with van der Waals surface area (Å²) in [6.07, 6.45) is 0. The maximum atomic E-state index is 9.77. The Labute approximate surface area is 110 Å². The van der Waals surface area contributed by atoms with Gasteiger partial charge in [0.15, 0.2) is 0 Å². The van der Waals surface area contributed by atoms with Crippen LogP contribution in [0, 0.1) is 0 Å². The lowest BCUT2D eigenvalue weighted by Crippen LogP contribution is -1.87. The van der Waals surface area contributed by atoms with Crippen LogP contribution in [-0.4, -0.2) is 5.11 Å². The zero-order valence-corrected chi connectivity index (χ0v) is 10.9. The molecule has 0 heterocycles. The van der Waals surface area contributed by atoms with E-state index in [2.05, 4.69) is 34.6 Å². The zero-order chi connectivity index (χ0) is 12.3. The molecule has 0 fully saturated rings. The van der Waals surface area contributed by atoms with E-state index in [1.165, 1.54) is 5.56 Å². The lowest BCUT2D eigenvalue weighted by molar-refractivity contribution is 0.473. The molecule has 17 heavy (non-hydrogen) atoms. The summed E-state index contributed by atoms with van der Waals surface area (Å²) in [6, 6.07) is 15.4. The van der Waals surface area contributed by atoms with E-state index in [9.17, 15) is 5.11 Å². The van der Waals surface area contributed by atoms with Crippen LogP contribution in [0.2, 0.25) is 0 Å². The third kappa shape index (κ3) is 2.59. The van der Waals surface area contributed by atoms with Crippen LogP contribution < -0.4 is 0 Å². The number of para-hydroxylation sites is 1. The van der Waals surface area contributed by atoms with Gasteiger partial charge in [-0.3, -0.25) is 0 Å². The molecule has 2 heteroatoms. The number of phenolic OH excluding ortho intramolecular Hbond substituents is 1. The van der Waals surface area contributed by atoms with Crippen molar-refractivity contribution in [2.24, 2.45) is 0 Å². The number of phenols is 1. The predicted molar refractivity (Wildman–Crippen MR) is 75.3 cm³/mol. The Bertz CT molecular complexity index is 529. The Kier molecular flexibility index (Phi) is 3.64. The number of hydrogen-bond acceptors (Lipinski definition) is 1. The van der Waals surface area contributed by atoms with Crippen LogP contribution >= 0.6 is 15.9 Å². The standard InChI is InChI=1S/C15H13BrO/c1-11(14-4-2-3-5-15(14)17)13-8-6-12(10-16)7-9-13/h2-9,17H,1,10H2. The fourth-order valence-electron chi connectivity index (χ4n) is 1.68. The maximum absolute atomic E-state index is 9.77. The second-order valence-electron chi connectivity index (χ2n) is 3.83. The van der Waals surface area contributed by atoms with Crippen molar-refractivity contribution in [3.8, 4) is 5.75 Å². The third-order valence-corrected chi connectivity index (χ3v) is 3.33. The topological polar surface area (TPSA) is 20.2 Å². The number of halogens is 1. The van der Waals surface area contributed by atoms with E-state index in [4.69, 9.17) is 0 Å². The molecule has 0 aliphatic carbocycles. The highest BCUT2D eigenvalue weighted by Gasteiger charge is 2.06. The van der Waals surface area contributed by atoms with E-state index in [1.54, 1.807) is 12.1 Å². The summed E-state index contributed by atoms with van der Waals surface area (Å²) in [5.74, 6) is 0.266. The smallest absolute Gasteiger partial charge is 0.123 e. The van der Waals surface area contributed by atoms with Gasteiger partial charge in [0.05, 0.1) is 0 Å². The first-order valence-corrected chi connectivity index (χ1v) is 6.47. The Hall–Kier alpha value is -1.54. The molecule has 2 aromatic carbocycles. The predicted octanol–water partition coefficient (Wildman–Crippen LogP) is 4.35. The first-order valence-electron chi connectivity index (χ1n) is 5.35. The molecule has 0 aliphatic heterocycles. The van der Waals surface area contributed by atoms with Crippen molar-refractivity contribution < 1.29 is 5.11 Å². The van der Waals surface area contributed by atoms with Crippen molar-refractivity contribution >= 4 is 21.5 Å². The van der Waals surface area contributed by atoms with E-state index in [0.29, 0.717) is 0 Å². The number of aromatic hydroxyl groups is 1. The molecule has 2 aromatic rings. The van der Waals surface area contributed by atoms with Gasteiger partial charge in [0.2, 0.25) is 0 Å². The molecule has 0 aromatic heterocycles. The minimum Gasteiger partial charge on any atom is -0.507 e. The van der Waals surface area contributed by atoms with Gasteiger partial charge in [-0.1, -0.05) is 65.0 Å². The lowest BCUT2D eigenvalue weighted by Gasteiger charge is -2.08. The van der Waals surface area contributed by atoms with E-state index in [0.717, 1.165) is 22.0 Å². The average molecular weight is 289 g/mol. The second-order valence-corrected chi connectivity index (χ2v) is 4.39. The van der Waals surface area contributed by atoms with Crippen LogP contribution in [0.3, 0.4) is 0 Å². The molecule has 1 nitrogen and oxygen atoms in total. The summed E-state index contributed by atoms with van der Waals surface area (Å²) in [5, 5.41) is 10.6. The molecule has 2 rings (SSSR count). The quantitative estimate of drug-likeness (QED) is 0.833. The minimum absolute atomic E-state index is 0.266. The Morgan fingerprint density at radius 3 is 2.29 bits per heavy atom. The van der Waals surface area contributed by atoms with Gasteiger partial charge in [0.25, 0.3) is 0 Å². The summed E-state index contributed by atoms with van der Waals surface area (Å²) in [5.41, 5.74) is 3.86. The second kappa shape index (κ2) is 5.19. The lowest BCUT2D eigenvalue weighted by atomic mass is 9.98. The number of hydrogen-bond donors (Lipinski definition) is 1. The maximum Gasteiger partial charge on any atom is 0.123 e. The summed E-state index contributed by atoms with van der Waals surface area (Å²) in [7, 11) is 0. The van der Waals surface area contributed by atoms with Crippen molar-refractivity contribution in [3.63, 3.8) is 0 Å². The molecule has 1 N–H and O–H groups in total. The Balaban J connectivity index is 2.34. The molecule has 0 aliphatic rings. The first kappa shape index (κ1) is 11.9. The van der Waals surface area contributed by atoms with Crippen molar-refractivity contribution in [1.82, 2.24) is 0 Å². The highest BCUT2D eigenvalue weighted by Crippen LogP contribution is 2.28. The van der Waals surface area contributed by atoms with E-state index in [-0.39, 0.29) is 5.75 Å². The first-order chi connectivity index (χ1) is 8.22. The fourth-order valence-corrected chi connectivity index (χ4v) is 2.05. The van der Waals surface area contributed by atoms with Gasteiger partial charge in [-0.25, -0.2) is 0 Å². The third-order valence-electron chi connectivity index (χ3n) is 2.69. The molecule has 0 saturated carbocycles. The average Bonchev–Trinajstić information content (AvgIpc) is 2.39. The molecule has 0 bridgehead atoms. The molecular formula is C15H13BrO. The molecule has 0 spiro atoms. The Morgan fingerprint density at radius 2 is 1.71 bits per heavy atom. The summed E-state index contributed by atoms with van der Waals surface area (Å²) < 4.78 is 0. The molecule has 0 amide bonds. The van der Waals surface area contributed by atoms with Gasteiger partial charge in [0.1, 0.15) is 5.75 Å². The van der Waals surface area contributed by atoms with Crippen molar-refractivity contribution in [3.05, 3.63) is 71.8 Å². The van der Waals surface area contributed by atoms with Gasteiger partial charge in [-0.05, 0) is 22.8 Å². The molecule has 86 valence electrons. The van der Waals surface area contributed by atoms with Gasteiger partial charge in [-0.2, -0.15) is 0 Å². The van der Waals surface area contributed by atoms with Crippen molar-refractivity contribution in [2.75, 3.05) is 0 Å².